The van der Waals surface area contributed by atoms with Crippen molar-refractivity contribution in [1.29, 1.82) is 0 Å². The predicted molar refractivity (Wildman–Crippen MR) is 81.7 cm³/mol. The molecule has 1 aromatic heterocycles. The molecule has 4 nitrogen and oxygen atoms in total. The Hall–Kier alpha value is -1.52. The lowest BCUT2D eigenvalue weighted by atomic mass is 9.82. The minimum Gasteiger partial charge on any atom is -0.481 e. The zero-order valence-corrected chi connectivity index (χ0v) is 12.4. The lowest BCUT2D eigenvalue weighted by molar-refractivity contribution is -0.146. The summed E-state index contributed by atoms with van der Waals surface area (Å²) in [5.41, 5.74) is 3.40. The first-order chi connectivity index (χ1) is 10.1. The summed E-state index contributed by atoms with van der Waals surface area (Å²) < 4.78 is 0. The highest BCUT2D eigenvalue weighted by molar-refractivity contribution is 6.31. The van der Waals surface area contributed by atoms with Crippen molar-refractivity contribution in [2.45, 2.75) is 25.3 Å². The van der Waals surface area contributed by atoms with Crippen LogP contribution in [-0.2, 0) is 11.2 Å². The first kappa shape index (κ1) is 13.2. The number of rotatable bonds is 1. The average molecular weight is 305 g/mol. The van der Waals surface area contributed by atoms with Crippen LogP contribution in [-0.4, -0.2) is 34.0 Å². The topological polar surface area (TPSA) is 56.3 Å². The molecule has 0 aliphatic carbocycles. The standard InChI is InChI=1S/C16H17ClN2O2/c17-9-3-4-13-12(8-9)10-5-7-19-6-1-2-11(16(20)21)15(19)14(10)18-13/h3-4,8,11,15,18H,1-2,5-7H2,(H,20,21)/t11-,15+/m0/s1. The molecule has 0 saturated carbocycles. The molecule has 2 atom stereocenters. The van der Waals surface area contributed by atoms with E-state index in [1.54, 1.807) is 0 Å². The van der Waals surface area contributed by atoms with Crippen molar-refractivity contribution in [3.8, 4) is 0 Å². The van der Waals surface area contributed by atoms with Gasteiger partial charge in [0.15, 0.2) is 0 Å². The Morgan fingerprint density at radius 1 is 1.38 bits per heavy atom. The number of aromatic nitrogens is 1. The zero-order valence-electron chi connectivity index (χ0n) is 11.6. The van der Waals surface area contributed by atoms with Crippen LogP contribution in [0.25, 0.3) is 10.9 Å². The Bertz CT molecular complexity index is 724. The number of carboxylic acid groups (broad SMARTS) is 1. The first-order valence-electron chi connectivity index (χ1n) is 7.42. The number of carboxylic acids is 1. The first-order valence-corrected chi connectivity index (χ1v) is 7.80. The van der Waals surface area contributed by atoms with Gasteiger partial charge in [0.1, 0.15) is 0 Å². The number of hydrogen-bond acceptors (Lipinski definition) is 2. The molecule has 0 spiro atoms. The molecule has 2 aliphatic rings. The molecule has 5 heteroatoms. The number of fused-ring (bicyclic) bond motifs is 5. The van der Waals surface area contributed by atoms with Crippen LogP contribution in [0.5, 0.6) is 0 Å². The van der Waals surface area contributed by atoms with E-state index < -0.39 is 5.97 Å². The van der Waals surface area contributed by atoms with Crippen molar-refractivity contribution >= 4 is 28.5 Å². The molecule has 1 saturated heterocycles. The number of piperidine rings is 1. The number of H-pyrrole nitrogens is 1. The smallest absolute Gasteiger partial charge is 0.308 e. The van der Waals surface area contributed by atoms with Crippen LogP contribution in [0.4, 0.5) is 0 Å². The van der Waals surface area contributed by atoms with Crippen LogP contribution in [0.3, 0.4) is 0 Å². The second-order valence-corrected chi connectivity index (χ2v) is 6.46. The molecule has 0 unspecified atom stereocenters. The number of aliphatic carboxylic acids is 1. The lowest BCUT2D eigenvalue weighted by Crippen LogP contribution is -2.45. The van der Waals surface area contributed by atoms with Crippen LogP contribution in [0.2, 0.25) is 5.02 Å². The maximum Gasteiger partial charge on any atom is 0.308 e. The summed E-state index contributed by atoms with van der Waals surface area (Å²) in [4.78, 5) is 17.4. The predicted octanol–water partition coefficient (Wildman–Crippen LogP) is 3.22. The third-order valence-electron chi connectivity index (χ3n) is 4.90. The Kier molecular flexibility index (Phi) is 2.98. The van der Waals surface area contributed by atoms with Crippen LogP contribution in [0.1, 0.15) is 30.1 Å². The van der Waals surface area contributed by atoms with E-state index >= 15 is 0 Å². The van der Waals surface area contributed by atoms with Gasteiger partial charge in [0.2, 0.25) is 0 Å². The minimum atomic E-state index is -0.686. The quantitative estimate of drug-likeness (QED) is 0.850. The van der Waals surface area contributed by atoms with E-state index in [9.17, 15) is 9.90 Å². The normalized spacial score (nSPS) is 25.6. The van der Waals surface area contributed by atoms with Gasteiger partial charge in [-0.25, -0.2) is 0 Å². The number of nitrogens with one attached hydrogen (secondary N) is 1. The van der Waals surface area contributed by atoms with Crippen LogP contribution >= 0.6 is 11.6 Å². The molecular weight excluding hydrogens is 288 g/mol. The van der Waals surface area contributed by atoms with E-state index in [0.29, 0.717) is 0 Å². The Morgan fingerprint density at radius 2 is 2.24 bits per heavy atom. The van der Waals surface area contributed by atoms with E-state index in [0.717, 1.165) is 54.0 Å². The molecule has 3 heterocycles. The Balaban J connectivity index is 1.89. The second-order valence-electron chi connectivity index (χ2n) is 6.02. The Morgan fingerprint density at radius 3 is 3.05 bits per heavy atom. The lowest BCUT2D eigenvalue weighted by Gasteiger charge is -2.42. The van der Waals surface area contributed by atoms with E-state index in [-0.39, 0.29) is 12.0 Å². The fourth-order valence-electron chi connectivity index (χ4n) is 3.98. The van der Waals surface area contributed by atoms with E-state index in [1.807, 2.05) is 18.2 Å². The summed E-state index contributed by atoms with van der Waals surface area (Å²) in [5, 5.41) is 11.4. The average Bonchev–Trinajstić information content (AvgIpc) is 2.84. The van der Waals surface area contributed by atoms with Crippen molar-refractivity contribution in [3.63, 3.8) is 0 Å². The van der Waals surface area contributed by atoms with Gasteiger partial charge in [-0.1, -0.05) is 11.6 Å². The van der Waals surface area contributed by atoms with Crippen molar-refractivity contribution in [2.24, 2.45) is 5.92 Å². The highest BCUT2D eigenvalue weighted by atomic mass is 35.5. The number of carbonyl (C=O) groups is 1. The fraction of sp³-hybridized carbons (Fsp3) is 0.438. The molecule has 0 amide bonds. The van der Waals surface area contributed by atoms with Gasteiger partial charge in [0.25, 0.3) is 0 Å². The molecular formula is C16H17ClN2O2. The van der Waals surface area contributed by atoms with Crippen LogP contribution in [0, 0.1) is 5.92 Å². The highest BCUT2D eigenvalue weighted by Gasteiger charge is 2.41. The molecule has 0 bridgehead atoms. The van der Waals surface area contributed by atoms with Crippen LogP contribution < -0.4 is 0 Å². The van der Waals surface area contributed by atoms with Gasteiger partial charge in [0.05, 0.1) is 12.0 Å². The second kappa shape index (κ2) is 4.75. The van der Waals surface area contributed by atoms with Crippen molar-refractivity contribution in [3.05, 3.63) is 34.5 Å². The van der Waals surface area contributed by atoms with Gasteiger partial charge in [-0.2, -0.15) is 0 Å². The van der Waals surface area contributed by atoms with E-state index in [1.165, 1.54) is 5.56 Å². The summed E-state index contributed by atoms with van der Waals surface area (Å²) >= 11 is 6.12. The molecule has 2 N–H and O–H groups in total. The van der Waals surface area contributed by atoms with Gasteiger partial charge in [0, 0.05) is 28.2 Å². The van der Waals surface area contributed by atoms with Gasteiger partial charge in [-0.3, -0.25) is 9.69 Å². The number of benzene rings is 1. The molecule has 1 fully saturated rings. The number of hydrogen-bond donors (Lipinski definition) is 2. The molecule has 4 rings (SSSR count). The minimum absolute atomic E-state index is 0.0221. The SMILES string of the molecule is O=C(O)[C@H]1CCCN2CCc3c([nH]c4ccc(Cl)cc34)[C@@H]12. The maximum atomic E-state index is 11.6. The number of aromatic amines is 1. The van der Waals surface area contributed by atoms with Crippen molar-refractivity contribution < 1.29 is 9.90 Å². The van der Waals surface area contributed by atoms with Gasteiger partial charge in [-0.05, 0) is 49.6 Å². The molecule has 110 valence electrons. The summed E-state index contributed by atoms with van der Waals surface area (Å²) in [6.07, 6.45) is 2.68. The molecule has 2 aliphatic heterocycles. The number of halogens is 1. The zero-order chi connectivity index (χ0) is 14.6. The molecule has 21 heavy (non-hydrogen) atoms. The van der Waals surface area contributed by atoms with E-state index in [4.69, 9.17) is 11.6 Å². The third-order valence-corrected chi connectivity index (χ3v) is 5.13. The van der Waals surface area contributed by atoms with Crippen LogP contribution in [0.15, 0.2) is 18.2 Å². The largest absolute Gasteiger partial charge is 0.481 e. The maximum absolute atomic E-state index is 11.6. The third kappa shape index (κ3) is 1.97. The summed E-state index contributed by atoms with van der Waals surface area (Å²) in [5.74, 6) is -1.00. The summed E-state index contributed by atoms with van der Waals surface area (Å²) in [6.45, 7) is 1.92. The van der Waals surface area contributed by atoms with Gasteiger partial charge in [-0.15, -0.1) is 0 Å². The highest BCUT2D eigenvalue weighted by Crippen LogP contribution is 2.42. The van der Waals surface area contributed by atoms with Gasteiger partial charge >= 0.3 is 5.97 Å². The molecule has 2 aromatic rings. The molecule has 1 aromatic carbocycles. The monoisotopic (exact) mass is 304 g/mol. The van der Waals surface area contributed by atoms with E-state index in [2.05, 4.69) is 9.88 Å². The van der Waals surface area contributed by atoms with Crippen molar-refractivity contribution in [2.75, 3.05) is 13.1 Å². The molecule has 0 radical (unpaired) electrons. The summed E-state index contributed by atoms with van der Waals surface area (Å²) in [7, 11) is 0. The Labute approximate surface area is 127 Å². The fourth-order valence-corrected chi connectivity index (χ4v) is 4.15. The summed E-state index contributed by atoms with van der Waals surface area (Å²) in [6, 6.07) is 5.82. The van der Waals surface area contributed by atoms with Gasteiger partial charge < -0.3 is 10.1 Å². The number of nitrogens with zero attached hydrogens (tertiary/aromatic N) is 1. The van der Waals surface area contributed by atoms with Crippen molar-refractivity contribution in [1.82, 2.24) is 9.88 Å².